The maximum Gasteiger partial charge on any atom is 0.129 e. The van der Waals surface area contributed by atoms with Crippen molar-refractivity contribution >= 4 is 17.2 Å². The Bertz CT molecular complexity index is 425. The van der Waals surface area contributed by atoms with E-state index in [0.29, 0.717) is 10.9 Å². The molecule has 18 heavy (non-hydrogen) atoms. The number of thiocarbonyl (C=S) groups is 1. The van der Waals surface area contributed by atoms with Crippen LogP contribution in [0.15, 0.2) is 18.2 Å². The number of nitrogens with two attached hydrogens (primary N) is 1. The van der Waals surface area contributed by atoms with E-state index in [1.807, 2.05) is 25.1 Å². The first-order valence-electron chi connectivity index (χ1n) is 6.70. The number of aryl methyl sites for hydroxylation is 1. The van der Waals surface area contributed by atoms with Gasteiger partial charge in [-0.05, 0) is 37.8 Å². The lowest BCUT2D eigenvalue weighted by Gasteiger charge is -2.22. The first-order valence-corrected chi connectivity index (χ1v) is 7.11. The summed E-state index contributed by atoms with van der Waals surface area (Å²) in [6, 6.07) is 6.02. The van der Waals surface area contributed by atoms with Crippen LogP contribution in [-0.2, 0) is 0 Å². The molecule has 0 amide bonds. The monoisotopic (exact) mass is 263 g/mol. The summed E-state index contributed by atoms with van der Waals surface area (Å²) in [5, 5.41) is 0. The van der Waals surface area contributed by atoms with Gasteiger partial charge in [-0.1, -0.05) is 43.1 Å². The first kappa shape index (κ1) is 13.3. The van der Waals surface area contributed by atoms with Gasteiger partial charge in [-0.25, -0.2) is 0 Å². The van der Waals surface area contributed by atoms with Gasteiger partial charge in [-0.15, -0.1) is 0 Å². The fourth-order valence-electron chi connectivity index (χ4n) is 2.52. The normalized spacial score (nSPS) is 16.5. The van der Waals surface area contributed by atoms with Crippen LogP contribution in [0.2, 0.25) is 0 Å². The Kier molecular flexibility index (Phi) is 4.59. The lowest BCUT2D eigenvalue weighted by atomic mass is 9.90. The van der Waals surface area contributed by atoms with Gasteiger partial charge in [0.05, 0.1) is 12.2 Å². The van der Waals surface area contributed by atoms with Gasteiger partial charge in [0.1, 0.15) is 10.7 Å². The molecule has 0 saturated heterocycles. The predicted octanol–water partition coefficient (Wildman–Crippen LogP) is 3.59. The van der Waals surface area contributed by atoms with Crippen LogP contribution in [0, 0.1) is 12.8 Å². The van der Waals surface area contributed by atoms with E-state index < -0.39 is 0 Å². The van der Waals surface area contributed by atoms with Crippen molar-refractivity contribution in [3.8, 4) is 5.75 Å². The highest BCUT2D eigenvalue weighted by atomic mass is 32.1. The minimum absolute atomic E-state index is 0.414. The molecule has 0 unspecified atom stereocenters. The van der Waals surface area contributed by atoms with E-state index in [1.165, 1.54) is 32.1 Å². The molecule has 3 heteroatoms. The summed E-state index contributed by atoms with van der Waals surface area (Å²) in [5.41, 5.74) is 7.76. The average molecular weight is 263 g/mol. The van der Waals surface area contributed by atoms with Crippen LogP contribution in [-0.4, -0.2) is 11.6 Å². The maximum absolute atomic E-state index is 5.93. The van der Waals surface area contributed by atoms with E-state index in [2.05, 4.69) is 0 Å². The molecule has 1 fully saturated rings. The Morgan fingerprint density at radius 2 is 2.06 bits per heavy atom. The maximum atomic E-state index is 5.93. The summed E-state index contributed by atoms with van der Waals surface area (Å²) >= 11 is 5.08. The fraction of sp³-hybridized carbons (Fsp3) is 0.533. The zero-order valence-electron chi connectivity index (χ0n) is 10.9. The van der Waals surface area contributed by atoms with Gasteiger partial charge in [-0.3, -0.25) is 0 Å². The van der Waals surface area contributed by atoms with Gasteiger partial charge >= 0.3 is 0 Å². The largest absolute Gasteiger partial charge is 0.493 e. The summed E-state index contributed by atoms with van der Waals surface area (Å²) < 4.78 is 5.93. The molecule has 98 valence electrons. The Hall–Kier alpha value is -1.09. The second-order valence-electron chi connectivity index (χ2n) is 5.18. The highest BCUT2D eigenvalue weighted by Crippen LogP contribution is 2.26. The highest BCUT2D eigenvalue weighted by Gasteiger charge is 2.15. The van der Waals surface area contributed by atoms with Crippen molar-refractivity contribution in [2.75, 3.05) is 6.61 Å². The van der Waals surface area contributed by atoms with E-state index in [-0.39, 0.29) is 0 Å². The Balaban J connectivity index is 2.01. The number of ether oxygens (including phenoxy) is 1. The van der Waals surface area contributed by atoms with E-state index in [1.54, 1.807) is 0 Å². The lowest BCUT2D eigenvalue weighted by Crippen LogP contribution is -2.17. The smallest absolute Gasteiger partial charge is 0.129 e. The molecule has 1 aromatic carbocycles. The highest BCUT2D eigenvalue weighted by molar-refractivity contribution is 7.80. The molecule has 2 N–H and O–H groups in total. The van der Waals surface area contributed by atoms with Crippen molar-refractivity contribution in [2.24, 2.45) is 11.7 Å². The van der Waals surface area contributed by atoms with Crippen LogP contribution in [0.4, 0.5) is 0 Å². The molecule has 1 aliphatic rings. The Morgan fingerprint density at radius 1 is 1.33 bits per heavy atom. The summed E-state index contributed by atoms with van der Waals surface area (Å²) in [6.07, 6.45) is 6.62. The molecule has 1 aromatic rings. The molecule has 0 radical (unpaired) electrons. The first-order chi connectivity index (χ1) is 8.66. The van der Waals surface area contributed by atoms with Gasteiger partial charge in [0.25, 0.3) is 0 Å². The molecule has 1 aliphatic carbocycles. The summed E-state index contributed by atoms with van der Waals surface area (Å²) in [7, 11) is 0. The summed E-state index contributed by atoms with van der Waals surface area (Å²) in [5.74, 6) is 1.53. The summed E-state index contributed by atoms with van der Waals surface area (Å²) in [4.78, 5) is 0.414. The quantitative estimate of drug-likeness (QED) is 0.843. The third-order valence-electron chi connectivity index (χ3n) is 3.60. The molecule has 0 bridgehead atoms. The van der Waals surface area contributed by atoms with Crippen LogP contribution in [0.25, 0.3) is 0 Å². The van der Waals surface area contributed by atoms with Crippen LogP contribution >= 0.6 is 12.2 Å². The molecule has 0 atom stereocenters. The molecule has 0 spiro atoms. The van der Waals surface area contributed by atoms with Crippen molar-refractivity contribution in [1.82, 2.24) is 0 Å². The lowest BCUT2D eigenvalue weighted by molar-refractivity contribution is 0.208. The fourth-order valence-corrected chi connectivity index (χ4v) is 2.68. The second-order valence-corrected chi connectivity index (χ2v) is 5.62. The van der Waals surface area contributed by atoms with Crippen LogP contribution in [0.1, 0.15) is 43.2 Å². The van der Waals surface area contributed by atoms with Crippen molar-refractivity contribution in [3.05, 3.63) is 29.3 Å². The van der Waals surface area contributed by atoms with Crippen LogP contribution < -0.4 is 10.5 Å². The standard InChI is InChI=1S/C15H21NOS/c1-11-7-8-14(13(9-11)15(16)18)17-10-12-5-3-2-4-6-12/h7-9,12H,2-6,10H2,1H3,(H2,16,18). The third-order valence-corrected chi connectivity index (χ3v) is 3.82. The number of benzene rings is 1. The molecular formula is C15H21NOS. The number of rotatable bonds is 4. The molecule has 0 aromatic heterocycles. The average Bonchev–Trinajstić information content (AvgIpc) is 2.38. The predicted molar refractivity (Wildman–Crippen MR) is 79.1 cm³/mol. The molecule has 2 rings (SSSR count). The molecular weight excluding hydrogens is 242 g/mol. The van der Waals surface area contributed by atoms with E-state index in [9.17, 15) is 0 Å². The van der Waals surface area contributed by atoms with Gasteiger partial charge in [0, 0.05) is 0 Å². The number of hydrogen-bond donors (Lipinski definition) is 1. The van der Waals surface area contributed by atoms with Gasteiger partial charge in [0.15, 0.2) is 0 Å². The summed E-state index contributed by atoms with van der Waals surface area (Å²) in [6.45, 7) is 2.82. The SMILES string of the molecule is Cc1ccc(OCC2CCCCC2)c(C(N)=S)c1. The van der Waals surface area contributed by atoms with Crippen LogP contribution in [0.3, 0.4) is 0 Å². The zero-order valence-corrected chi connectivity index (χ0v) is 11.8. The van der Waals surface area contributed by atoms with Crippen molar-refractivity contribution in [1.29, 1.82) is 0 Å². The van der Waals surface area contributed by atoms with Crippen molar-refractivity contribution in [3.63, 3.8) is 0 Å². The van der Waals surface area contributed by atoms with Crippen molar-refractivity contribution in [2.45, 2.75) is 39.0 Å². The van der Waals surface area contributed by atoms with Gasteiger partial charge in [0.2, 0.25) is 0 Å². The van der Waals surface area contributed by atoms with E-state index in [4.69, 9.17) is 22.7 Å². The molecule has 0 aliphatic heterocycles. The minimum atomic E-state index is 0.414. The van der Waals surface area contributed by atoms with E-state index in [0.717, 1.165) is 23.5 Å². The topological polar surface area (TPSA) is 35.2 Å². The Morgan fingerprint density at radius 3 is 2.72 bits per heavy atom. The zero-order chi connectivity index (χ0) is 13.0. The van der Waals surface area contributed by atoms with Gasteiger partial charge < -0.3 is 10.5 Å². The van der Waals surface area contributed by atoms with Crippen LogP contribution in [0.5, 0.6) is 5.75 Å². The third kappa shape index (κ3) is 3.45. The molecule has 0 heterocycles. The molecule has 2 nitrogen and oxygen atoms in total. The Labute approximate surface area is 115 Å². The van der Waals surface area contributed by atoms with Gasteiger partial charge in [-0.2, -0.15) is 0 Å². The number of hydrogen-bond acceptors (Lipinski definition) is 2. The second kappa shape index (κ2) is 6.19. The molecule has 1 saturated carbocycles. The minimum Gasteiger partial charge on any atom is -0.493 e. The van der Waals surface area contributed by atoms with Crippen molar-refractivity contribution < 1.29 is 4.74 Å². The van der Waals surface area contributed by atoms with E-state index >= 15 is 0 Å².